The van der Waals surface area contributed by atoms with Gasteiger partial charge in [0.2, 0.25) is 0 Å². The van der Waals surface area contributed by atoms with Crippen LogP contribution in [-0.4, -0.2) is 55.4 Å². The Bertz CT molecular complexity index is 1230. The molecule has 41 heavy (non-hydrogen) atoms. The third kappa shape index (κ3) is 7.92. The summed E-state index contributed by atoms with van der Waals surface area (Å²) in [7, 11) is 3.24. The second-order valence-electron chi connectivity index (χ2n) is 12.2. The van der Waals surface area contributed by atoms with Crippen LogP contribution in [0.4, 0.5) is 9.18 Å². The van der Waals surface area contributed by atoms with Crippen LogP contribution < -0.4 is 10.1 Å². The summed E-state index contributed by atoms with van der Waals surface area (Å²) >= 11 is 6.32. The van der Waals surface area contributed by atoms with Gasteiger partial charge >= 0.3 is 12.1 Å². The smallest absolute Gasteiger partial charge is 0.411 e. The van der Waals surface area contributed by atoms with Gasteiger partial charge in [0, 0.05) is 13.0 Å². The number of hydrogen-bond donors (Lipinski definition) is 1. The summed E-state index contributed by atoms with van der Waals surface area (Å²) in [6.45, 7) is 6.22. The maximum absolute atomic E-state index is 14.9. The molecule has 2 fully saturated rings. The maximum atomic E-state index is 14.9. The predicted octanol–water partition coefficient (Wildman–Crippen LogP) is 6.64. The zero-order valence-corrected chi connectivity index (χ0v) is 25.4. The van der Waals surface area contributed by atoms with Crippen molar-refractivity contribution in [1.29, 1.82) is 0 Å². The number of likely N-dealkylation sites (tertiary alicyclic amines) is 1. The Morgan fingerprint density at radius 1 is 1.12 bits per heavy atom. The Balaban J connectivity index is 1.42. The summed E-state index contributed by atoms with van der Waals surface area (Å²) in [6.07, 6.45) is 4.04. The molecule has 0 bridgehead atoms. The number of nitrogens with one attached hydrogen (secondary N) is 1. The van der Waals surface area contributed by atoms with Crippen molar-refractivity contribution in [2.24, 2.45) is 5.92 Å². The molecular weight excluding hydrogens is 547 g/mol. The van der Waals surface area contributed by atoms with Crippen LogP contribution in [0.3, 0.4) is 0 Å². The van der Waals surface area contributed by atoms with E-state index >= 15 is 0 Å². The highest BCUT2D eigenvalue weighted by molar-refractivity contribution is 6.32. The molecule has 4 rings (SSSR count). The lowest BCUT2D eigenvalue weighted by Crippen LogP contribution is -2.44. The van der Waals surface area contributed by atoms with Crippen LogP contribution in [0.25, 0.3) is 0 Å². The van der Waals surface area contributed by atoms with Crippen LogP contribution >= 0.6 is 11.6 Å². The molecule has 0 radical (unpaired) electrons. The quantitative estimate of drug-likeness (QED) is 0.348. The zero-order valence-electron chi connectivity index (χ0n) is 24.7. The molecule has 9 heteroatoms. The molecule has 0 spiro atoms. The average Bonchev–Trinajstić information content (AvgIpc) is 3.35. The number of esters is 1. The number of rotatable bonds is 8. The van der Waals surface area contributed by atoms with Gasteiger partial charge in [0.15, 0.2) is 0 Å². The van der Waals surface area contributed by atoms with E-state index < -0.39 is 35.6 Å². The van der Waals surface area contributed by atoms with Gasteiger partial charge in [-0.1, -0.05) is 35.9 Å². The highest BCUT2D eigenvalue weighted by Gasteiger charge is 2.43. The standard InChI is InChI=1S/C32H42ClFN2O5/c1-32(2,3)41-31(38)36-19-24(17-27(36)30(37)39-5)40-28-16-21(15-26(34)29(28)33)14-20-10-12-22(13-11-20)25-9-7-6-8-23(25)18-35-4/h6-9,15-16,20,22,24,27,35H,10-14,17-19H2,1-5H3/t20-,22-,24-,27-/m0/s1. The molecule has 1 aliphatic heterocycles. The van der Waals surface area contributed by atoms with E-state index in [4.69, 9.17) is 25.8 Å². The lowest BCUT2D eigenvalue weighted by atomic mass is 9.75. The van der Waals surface area contributed by atoms with E-state index in [2.05, 4.69) is 29.6 Å². The zero-order chi connectivity index (χ0) is 29.7. The van der Waals surface area contributed by atoms with Crippen molar-refractivity contribution in [3.8, 4) is 5.75 Å². The first-order valence-electron chi connectivity index (χ1n) is 14.4. The number of amides is 1. The Labute approximate surface area is 247 Å². The first-order valence-corrected chi connectivity index (χ1v) is 14.8. The minimum atomic E-state index is -0.861. The monoisotopic (exact) mass is 588 g/mol. The molecular formula is C32H42ClFN2O5. The second kappa shape index (κ2) is 13.4. The van der Waals surface area contributed by atoms with Crippen LogP contribution in [0.2, 0.25) is 5.02 Å². The Kier molecular flexibility index (Phi) is 10.2. The number of hydrogen-bond acceptors (Lipinski definition) is 6. The SMILES string of the molecule is CNCc1ccccc1[C@H]1CC[C@H](Cc2cc(F)c(Cl)c(O[C@H]3C[C@@H](C(=O)OC)N(C(=O)OC(C)(C)C)C3)c2)CC1. The predicted molar refractivity (Wildman–Crippen MR) is 157 cm³/mol. The topological polar surface area (TPSA) is 77.1 Å². The molecule has 0 unspecified atom stereocenters. The van der Waals surface area contributed by atoms with E-state index in [9.17, 15) is 14.0 Å². The van der Waals surface area contributed by atoms with Gasteiger partial charge in [-0.3, -0.25) is 4.90 Å². The lowest BCUT2D eigenvalue weighted by Gasteiger charge is -2.30. The van der Waals surface area contributed by atoms with E-state index in [0.717, 1.165) is 44.2 Å². The summed E-state index contributed by atoms with van der Waals surface area (Å²) in [5, 5.41) is 3.16. The van der Waals surface area contributed by atoms with Crippen molar-refractivity contribution < 1.29 is 28.2 Å². The van der Waals surface area contributed by atoms with Crippen LogP contribution in [-0.2, 0) is 27.2 Å². The van der Waals surface area contributed by atoms with Crippen molar-refractivity contribution in [1.82, 2.24) is 10.2 Å². The number of methoxy groups -OCH3 is 1. The third-order valence-electron chi connectivity index (χ3n) is 7.95. The van der Waals surface area contributed by atoms with Gasteiger partial charge in [0.1, 0.15) is 34.3 Å². The number of ether oxygens (including phenoxy) is 3. The molecule has 1 saturated heterocycles. The van der Waals surface area contributed by atoms with Gasteiger partial charge in [-0.15, -0.1) is 0 Å². The summed E-state index contributed by atoms with van der Waals surface area (Å²) in [4.78, 5) is 26.5. The Morgan fingerprint density at radius 2 is 1.83 bits per heavy atom. The summed E-state index contributed by atoms with van der Waals surface area (Å²) < 4.78 is 31.5. The molecule has 7 nitrogen and oxygen atoms in total. The largest absolute Gasteiger partial charge is 0.487 e. The van der Waals surface area contributed by atoms with Crippen molar-refractivity contribution >= 4 is 23.7 Å². The van der Waals surface area contributed by atoms with Crippen molar-refractivity contribution in [2.75, 3.05) is 20.7 Å². The van der Waals surface area contributed by atoms with E-state index in [-0.39, 0.29) is 23.7 Å². The van der Waals surface area contributed by atoms with Gasteiger partial charge in [-0.05, 0) is 101 Å². The van der Waals surface area contributed by atoms with Crippen molar-refractivity contribution in [2.45, 2.75) is 89.5 Å². The average molecular weight is 589 g/mol. The van der Waals surface area contributed by atoms with Gasteiger partial charge in [-0.25, -0.2) is 14.0 Å². The number of nitrogens with zero attached hydrogens (tertiary/aromatic N) is 1. The third-order valence-corrected chi connectivity index (χ3v) is 8.31. The number of benzene rings is 2. The maximum Gasteiger partial charge on any atom is 0.411 e. The molecule has 1 saturated carbocycles. The molecule has 2 atom stereocenters. The second-order valence-corrected chi connectivity index (χ2v) is 12.6. The van der Waals surface area contributed by atoms with E-state index in [1.807, 2.05) is 7.05 Å². The number of carbonyl (C=O) groups excluding carboxylic acids is 2. The minimum absolute atomic E-state index is 0.0931. The Morgan fingerprint density at radius 3 is 2.49 bits per heavy atom. The van der Waals surface area contributed by atoms with Crippen LogP contribution in [0.5, 0.6) is 5.75 Å². The number of carbonyl (C=O) groups is 2. The summed E-state index contributed by atoms with van der Waals surface area (Å²) in [5.41, 5.74) is 2.88. The molecule has 0 aromatic heterocycles. The molecule has 224 valence electrons. The molecule has 2 aliphatic rings. The van der Waals surface area contributed by atoms with Crippen LogP contribution in [0.1, 0.15) is 75.5 Å². The number of halogens is 2. The molecule has 2 aromatic rings. The van der Waals surface area contributed by atoms with Crippen molar-refractivity contribution in [3.05, 3.63) is 63.9 Å². The fraction of sp³-hybridized carbons (Fsp3) is 0.562. The molecule has 2 aromatic carbocycles. The van der Waals surface area contributed by atoms with E-state index in [0.29, 0.717) is 11.8 Å². The molecule has 1 N–H and O–H groups in total. The normalized spacial score (nSPS) is 22.9. The molecule has 1 aliphatic carbocycles. The van der Waals surface area contributed by atoms with Crippen LogP contribution in [0, 0.1) is 11.7 Å². The Hall–Kier alpha value is -2.84. The fourth-order valence-electron chi connectivity index (χ4n) is 6.06. The first kappa shape index (κ1) is 31.1. The molecule has 1 amide bonds. The summed E-state index contributed by atoms with van der Waals surface area (Å²) in [5.74, 6) is 0.0946. The molecule has 1 heterocycles. The highest BCUT2D eigenvalue weighted by Crippen LogP contribution is 2.40. The van der Waals surface area contributed by atoms with Gasteiger partial charge < -0.3 is 19.5 Å². The lowest BCUT2D eigenvalue weighted by molar-refractivity contribution is -0.145. The van der Waals surface area contributed by atoms with Gasteiger partial charge in [0.05, 0.1) is 13.7 Å². The van der Waals surface area contributed by atoms with E-state index in [1.165, 1.54) is 29.2 Å². The van der Waals surface area contributed by atoms with Crippen LogP contribution in [0.15, 0.2) is 36.4 Å². The summed E-state index contributed by atoms with van der Waals surface area (Å²) in [6, 6.07) is 11.1. The van der Waals surface area contributed by atoms with E-state index in [1.54, 1.807) is 26.8 Å². The minimum Gasteiger partial charge on any atom is -0.487 e. The van der Waals surface area contributed by atoms with Gasteiger partial charge in [-0.2, -0.15) is 0 Å². The first-order chi connectivity index (χ1) is 19.5. The van der Waals surface area contributed by atoms with Gasteiger partial charge in [0.25, 0.3) is 0 Å². The highest BCUT2D eigenvalue weighted by atomic mass is 35.5. The fourth-order valence-corrected chi connectivity index (χ4v) is 6.21. The van der Waals surface area contributed by atoms with Crippen molar-refractivity contribution in [3.63, 3.8) is 0 Å².